The second kappa shape index (κ2) is 6.13. The van der Waals surface area contributed by atoms with Gasteiger partial charge in [0.1, 0.15) is 12.2 Å². The van der Waals surface area contributed by atoms with E-state index in [1.54, 1.807) is 4.90 Å². The normalized spacial score (nSPS) is 11.9. The van der Waals surface area contributed by atoms with Crippen molar-refractivity contribution < 1.29 is 19.6 Å². The Bertz CT molecular complexity index is 503. The standard InChI is InChI=1S/C11H16N4O5/c1-4-13(5-2)10(16)7(3)14-6-8(15(19)20)9(12-14)11(17)18/h6-7H,4-5H2,1-3H3,(H,17,18). The van der Waals surface area contributed by atoms with Gasteiger partial charge in [0, 0.05) is 13.1 Å². The van der Waals surface area contributed by atoms with Crippen LogP contribution in [0.15, 0.2) is 6.20 Å². The molecule has 1 N–H and O–H groups in total. The van der Waals surface area contributed by atoms with Crippen LogP contribution in [0.1, 0.15) is 37.3 Å². The number of hydrogen-bond acceptors (Lipinski definition) is 5. The molecular formula is C11H16N4O5. The summed E-state index contributed by atoms with van der Waals surface area (Å²) < 4.78 is 1.02. The van der Waals surface area contributed by atoms with Crippen LogP contribution in [-0.2, 0) is 4.79 Å². The molecule has 0 saturated heterocycles. The molecule has 1 heterocycles. The highest BCUT2D eigenvalue weighted by atomic mass is 16.6. The van der Waals surface area contributed by atoms with Crippen molar-refractivity contribution in [1.82, 2.24) is 14.7 Å². The topological polar surface area (TPSA) is 119 Å². The van der Waals surface area contributed by atoms with Gasteiger partial charge in [-0.25, -0.2) is 4.79 Å². The summed E-state index contributed by atoms with van der Waals surface area (Å²) in [5, 5.41) is 23.3. The van der Waals surface area contributed by atoms with Crippen LogP contribution in [0.4, 0.5) is 5.69 Å². The van der Waals surface area contributed by atoms with Crippen molar-refractivity contribution in [2.75, 3.05) is 13.1 Å². The number of hydrogen-bond donors (Lipinski definition) is 1. The van der Waals surface area contributed by atoms with Crippen LogP contribution in [0.5, 0.6) is 0 Å². The largest absolute Gasteiger partial charge is 0.476 e. The smallest absolute Gasteiger partial charge is 0.363 e. The zero-order chi connectivity index (χ0) is 15.4. The molecule has 0 aliphatic heterocycles. The van der Waals surface area contributed by atoms with E-state index in [-0.39, 0.29) is 5.91 Å². The number of nitrogens with zero attached hydrogens (tertiary/aromatic N) is 4. The molecule has 0 bridgehead atoms. The molecule has 1 unspecified atom stereocenters. The quantitative estimate of drug-likeness (QED) is 0.612. The van der Waals surface area contributed by atoms with Crippen LogP contribution in [0, 0.1) is 10.1 Å². The molecule has 1 rings (SSSR count). The molecule has 110 valence electrons. The first-order valence-corrected chi connectivity index (χ1v) is 6.09. The molecule has 9 nitrogen and oxygen atoms in total. The van der Waals surface area contributed by atoms with E-state index in [1.165, 1.54) is 6.92 Å². The summed E-state index contributed by atoms with van der Waals surface area (Å²) >= 11 is 0. The van der Waals surface area contributed by atoms with Crippen molar-refractivity contribution in [2.24, 2.45) is 0 Å². The lowest BCUT2D eigenvalue weighted by Gasteiger charge is -2.22. The third-order valence-electron chi connectivity index (χ3n) is 2.94. The number of carboxylic acid groups (broad SMARTS) is 1. The third-order valence-corrected chi connectivity index (χ3v) is 2.94. The molecule has 0 saturated carbocycles. The van der Waals surface area contributed by atoms with Gasteiger partial charge in [0.05, 0.1) is 4.92 Å². The molecule has 1 aromatic rings. The van der Waals surface area contributed by atoms with E-state index in [0.29, 0.717) is 13.1 Å². The number of carboxylic acids is 1. The highest BCUT2D eigenvalue weighted by molar-refractivity contribution is 5.90. The maximum absolute atomic E-state index is 12.1. The second-order valence-electron chi connectivity index (χ2n) is 4.09. The van der Waals surface area contributed by atoms with E-state index >= 15 is 0 Å². The van der Waals surface area contributed by atoms with Crippen molar-refractivity contribution in [3.63, 3.8) is 0 Å². The van der Waals surface area contributed by atoms with Gasteiger partial charge in [-0.2, -0.15) is 5.10 Å². The van der Waals surface area contributed by atoms with Crippen molar-refractivity contribution in [3.05, 3.63) is 22.0 Å². The van der Waals surface area contributed by atoms with Gasteiger partial charge < -0.3 is 10.0 Å². The van der Waals surface area contributed by atoms with Crippen LogP contribution in [0.2, 0.25) is 0 Å². The predicted octanol–water partition coefficient (Wildman–Crippen LogP) is 0.919. The van der Waals surface area contributed by atoms with Crippen LogP contribution in [-0.4, -0.2) is 49.7 Å². The summed E-state index contributed by atoms with van der Waals surface area (Å²) in [6, 6.07) is -0.804. The van der Waals surface area contributed by atoms with Gasteiger partial charge in [0.25, 0.3) is 0 Å². The monoisotopic (exact) mass is 284 g/mol. The van der Waals surface area contributed by atoms with Crippen molar-refractivity contribution in [1.29, 1.82) is 0 Å². The molecule has 0 spiro atoms. The Morgan fingerprint density at radius 3 is 2.40 bits per heavy atom. The lowest BCUT2D eigenvalue weighted by molar-refractivity contribution is -0.385. The van der Waals surface area contributed by atoms with Gasteiger partial charge in [-0.1, -0.05) is 0 Å². The first-order valence-electron chi connectivity index (χ1n) is 6.09. The number of nitro groups is 1. The summed E-state index contributed by atoms with van der Waals surface area (Å²) in [5.41, 5.74) is -1.30. The average Bonchev–Trinajstić information content (AvgIpc) is 2.84. The molecule has 1 atom stereocenters. The van der Waals surface area contributed by atoms with E-state index < -0.39 is 28.3 Å². The molecule has 1 aromatic heterocycles. The maximum Gasteiger partial charge on any atom is 0.363 e. The first-order chi connectivity index (χ1) is 9.33. The number of carbonyl (C=O) groups excluding carboxylic acids is 1. The Morgan fingerprint density at radius 2 is 2.05 bits per heavy atom. The minimum absolute atomic E-state index is 0.274. The van der Waals surface area contributed by atoms with Gasteiger partial charge in [0.15, 0.2) is 0 Å². The third kappa shape index (κ3) is 2.92. The summed E-state index contributed by atoms with van der Waals surface area (Å²) in [6.45, 7) is 6.12. The molecular weight excluding hydrogens is 268 g/mol. The predicted molar refractivity (Wildman–Crippen MR) is 68.5 cm³/mol. The number of aromatic nitrogens is 2. The summed E-state index contributed by atoms with van der Waals surface area (Å²) in [5.74, 6) is -1.78. The number of rotatable bonds is 6. The number of likely N-dealkylation sites (N-methyl/N-ethyl adjacent to an activating group) is 1. The molecule has 0 fully saturated rings. The summed E-state index contributed by atoms with van der Waals surface area (Å²) in [6.07, 6.45) is 0.968. The fourth-order valence-electron chi connectivity index (χ4n) is 1.78. The zero-order valence-corrected chi connectivity index (χ0v) is 11.4. The number of carbonyl (C=O) groups is 2. The van der Waals surface area contributed by atoms with Crippen LogP contribution in [0.25, 0.3) is 0 Å². The maximum atomic E-state index is 12.1. The lowest BCUT2D eigenvalue weighted by Crippen LogP contribution is -2.36. The number of aromatic carboxylic acids is 1. The highest BCUT2D eigenvalue weighted by Crippen LogP contribution is 2.20. The second-order valence-corrected chi connectivity index (χ2v) is 4.09. The van der Waals surface area contributed by atoms with E-state index in [4.69, 9.17) is 5.11 Å². The van der Waals surface area contributed by atoms with E-state index in [2.05, 4.69) is 5.10 Å². The Morgan fingerprint density at radius 1 is 1.50 bits per heavy atom. The van der Waals surface area contributed by atoms with E-state index in [0.717, 1.165) is 10.9 Å². The Balaban J connectivity index is 3.14. The summed E-state index contributed by atoms with van der Waals surface area (Å²) in [4.78, 5) is 34.5. The zero-order valence-electron chi connectivity index (χ0n) is 11.4. The van der Waals surface area contributed by atoms with Crippen molar-refractivity contribution in [2.45, 2.75) is 26.8 Å². The van der Waals surface area contributed by atoms with Gasteiger partial charge in [0.2, 0.25) is 11.6 Å². The minimum Gasteiger partial charge on any atom is -0.476 e. The van der Waals surface area contributed by atoms with E-state index in [1.807, 2.05) is 13.8 Å². The highest BCUT2D eigenvalue weighted by Gasteiger charge is 2.29. The van der Waals surface area contributed by atoms with Crippen LogP contribution in [0.3, 0.4) is 0 Å². The van der Waals surface area contributed by atoms with Gasteiger partial charge in [-0.15, -0.1) is 0 Å². The van der Waals surface area contributed by atoms with Gasteiger partial charge in [-0.3, -0.25) is 19.6 Å². The molecule has 0 radical (unpaired) electrons. The van der Waals surface area contributed by atoms with Crippen LogP contribution < -0.4 is 0 Å². The van der Waals surface area contributed by atoms with Crippen LogP contribution >= 0.6 is 0 Å². The minimum atomic E-state index is -1.50. The molecule has 9 heteroatoms. The SMILES string of the molecule is CCN(CC)C(=O)C(C)n1cc([N+](=O)[O-])c(C(=O)O)n1. The molecule has 0 aromatic carbocycles. The molecule has 20 heavy (non-hydrogen) atoms. The Hall–Kier alpha value is -2.45. The van der Waals surface area contributed by atoms with E-state index in [9.17, 15) is 19.7 Å². The Labute approximate surface area is 114 Å². The van der Waals surface area contributed by atoms with Gasteiger partial charge >= 0.3 is 11.7 Å². The van der Waals surface area contributed by atoms with Gasteiger partial charge in [-0.05, 0) is 20.8 Å². The fraction of sp³-hybridized carbons (Fsp3) is 0.545. The van der Waals surface area contributed by atoms with Crippen molar-refractivity contribution >= 4 is 17.6 Å². The lowest BCUT2D eigenvalue weighted by atomic mass is 10.3. The molecule has 1 amide bonds. The molecule has 0 aliphatic carbocycles. The summed E-state index contributed by atoms with van der Waals surface area (Å²) in [7, 11) is 0. The fourth-order valence-corrected chi connectivity index (χ4v) is 1.78. The molecule has 0 aliphatic rings. The van der Waals surface area contributed by atoms with Crippen molar-refractivity contribution in [3.8, 4) is 0 Å². The average molecular weight is 284 g/mol. The first kappa shape index (κ1) is 15.6. The Kier molecular flexibility index (Phi) is 4.78. The number of amides is 1.